The van der Waals surface area contributed by atoms with Gasteiger partial charge in [0.15, 0.2) is 0 Å². The zero-order valence-electron chi connectivity index (χ0n) is 11.4. The first-order valence-electron chi connectivity index (χ1n) is 7.02. The number of rotatable bonds is 5. The minimum absolute atomic E-state index is 0.357. The van der Waals surface area contributed by atoms with Gasteiger partial charge in [0.05, 0.1) is 5.54 Å². The number of nitrogens with zero attached hydrogens (tertiary/aromatic N) is 1. The molecule has 0 spiro atoms. The van der Waals surface area contributed by atoms with E-state index in [-0.39, 0.29) is 5.54 Å². The average molecular weight is 279 g/mol. The highest BCUT2D eigenvalue weighted by Gasteiger charge is 2.29. The molecule has 2 rings (SSSR count). The van der Waals surface area contributed by atoms with Crippen LogP contribution in [0.5, 0.6) is 0 Å². The van der Waals surface area contributed by atoms with Crippen LogP contribution in [0.1, 0.15) is 31.2 Å². The van der Waals surface area contributed by atoms with Crippen LogP contribution in [-0.2, 0) is 5.54 Å². The number of benzene rings is 1. The lowest BCUT2D eigenvalue weighted by Crippen LogP contribution is -2.48. The average Bonchev–Trinajstić information content (AvgIpc) is 2.40. The molecule has 1 atom stereocenters. The molecule has 0 radical (unpaired) electrons. The fourth-order valence-electron chi connectivity index (χ4n) is 2.83. The van der Waals surface area contributed by atoms with E-state index in [0.717, 1.165) is 36.6 Å². The van der Waals surface area contributed by atoms with Gasteiger partial charge in [-0.25, -0.2) is 0 Å². The Hall–Kier alpha value is -0.830. The molecule has 1 heterocycles. The fourth-order valence-corrected chi connectivity index (χ4v) is 2.96. The van der Waals surface area contributed by atoms with Crippen molar-refractivity contribution in [2.24, 2.45) is 5.73 Å². The molecule has 104 valence electrons. The smallest absolute Gasteiger partial charge is 0.0573 e. The summed E-state index contributed by atoms with van der Waals surface area (Å²) in [5.74, 6) is 0. The Morgan fingerprint density at radius 2 is 1.84 bits per heavy atom. The van der Waals surface area contributed by atoms with Crippen molar-refractivity contribution < 1.29 is 0 Å². The first-order valence-corrected chi connectivity index (χ1v) is 7.40. The summed E-state index contributed by atoms with van der Waals surface area (Å²) in [5.41, 5.74) is 7.44. The van der Waals surface area contributed by atoms with Crippen molar-refractivity contribution in [1.29, 1.82) is 0 Å². The summed E-state index contributed by atoms with van der Waals surface area (Å²) >= 11 is 5.96. The predicted molar refractivity (Wildman–Crippen MR) is 82.4 cm³/mol. The van der Waals surface area contributed by atoms with Crippen LogP contribution in [0.25, 0.3) is 0 Å². The fraction of sp³-hybridized carbons (Fsp3) is 0.500. The van der Waals surface area contributed by atoms with Crippen molar-refractivity contribution in [2.45, 2.75) is 31.2 Å². The Morgan fingerprint density at radius 1 is 1.21 bits per heavy atom. The molecule has 1 saturated heterocycles. The van der Waals surface area contributed by atoms with E-state index in [1.807, 2.05) is 30.3 Å². The topological polar surface area (TPSA) is 29.3 Å². The van der Waals surface area contributed by atoms with Crippen molar-refractivity contribution in [2.75, 3.05) is 19.6 Å². The molecule has 2 N–H and O–H groups in total. The number of hydrogen-bond acceptors (Lipinski definition) is 2. The Balaban J connectivity index is 2.15. The summed E-state index contributed by atoms with van der Waals surface area (Å²) in [4.78, 5) is 2.47. The van der Waals surface area contributed by atoms with Gasteiger partial charge in [-0.3, -0.25) is 0 Å². The molecule has 1 aromatic rings. The summed E-state index contributed by atoms with van der Waals surface area (Å²) < 4.78 is 0. The highest BCUT2D eigenvalue weighted by molar-refractivity contribution is 6.30. The monoisotopic (exact) mass is 278 g/mol. The van der Waals surface area contributed by atoms with Gasteiger partial charge in [0.1, 0.15) is 0 Å². The summed E-state index contributed by atoms with van der Waals surface area (Å²) in [6.07, 6.45) is 6.61. The van der Waals surface area contributed by atoms with Crippen molar-refractivity contribution in [3.05, 3.63) is 47.5 Å². The third-order valence-corrected chi connectivity index (χ3v) is 4.13. The van der Waals surface area contributed by atoms with E-state index in [4.69, 9.17) is 17.3 Å². The Morgan fingerprint density at radius 3 is 2.42 bits per heavy atom. The van der Waals surface area contributed by atoms with E-state index < -0.39 is 0 Å². The second-order valence-corrected chi connectivity index (χ2v) is 5.93. The van der Waals surface area contributed by atoms with Crippen LogP contribution in [0.15, 0.2) is 36.9 Å². The van der Waals surface area contributed by atoms with Crippen LogP contribution in [0.3, 0.4) is 0 Å². The van der Waals surface area contributed by atoms with Crippen molar-refractivity contribution >= 4 is 11.6 Å². The Bertz CT molecular complexity index is 409. The molecule has 1 unspecified atom stereocenters. The van der Waals surface area contributed by atoms with Gasteiger partial charge < -0.3 is 10.6 Å². The normalized spacial score (nSPS) is 19.9. The van der Waals surface area contributed by atoms with E-state index in [1.165, 1.54) is 19.3 Å². The molecule has 19 heavy (non-hydrogen) atoms. The molecular formula is C16H23ClN2. The Kier molecular flexibility index (Phi) is 5.03. The van der Waals surface area contributed by atoms with Gasteiger partial charge >= 0.3 is 0 Å². The maximum Gasteiger partial charge on any atom is 0.0573 e. The van der Waals surface area contributed by atoms with Crippen molar-refractivity contribution in [1.82, 2.24) is 4.90 Å². The van der Waals surface area contributed by atoms with Crippen molar-refractivity contribution in [3.63, 3.8) is 0 Å². The van der Waals surface area contributed by atoms with Gasteiger partial charge in [0, 0.05) is 11.6 Å². The van der Waals surface area contributed by atoms with Crippen LogP contribution in [0, 0.1) is 0 Å². The Labute approximate surface area is 121 Å². The molecule has 1 aromatic carbocycles. The van der Waals surface area contributed by atoms with E-state index >= 15 is 0 Å². The molecule has 0 amide bonds. The molecule has 2 nitrogen and oxygen atoms in total. The summed E-state index contributed by atoms with van der Waals surface area (Å²) in [6.45, 7) is 7.06. The largest absolute Gasteiger partial charge is 0.320 e. The van der Waals surface area contributed by atoms with Crippen LogP contribution < -0.4 is 5.73 Å². The molecule has 0 bridgehead atoms. The molecule has 1 aliphatic rings. The minimum Gasteiger partial charge on any atom is -0.320 e. The standard InChI is InChI=1S/C16H23ClN2/c1-2-10-16(18,13-19-11-4-3-5-12-19)14-6-8-15(17)9-7-14/h2,6-9H,1,3-5,10-13,18H2. The quantitative estimate of drug-likeness (QED) is 0.835. The third-order valence-electron chi connectivity index (χ3n) is 3.88. The first kappa shape index (κ1) is 14.6. The maximum atomic E-state index is 6.65. The van der Waals surface area contributed by atoms with Gasteiger partial charge in [-0.2, -0.15) is 0 Å². The lowest BCUT2D eigenvalue weighted by atomic mass is 9.86. The van der Waals surface area contributed by atoms with Crippen molar-refractivity contribution in [3.8, 4) is 0 Å². The van der Waals surface area contributed by atoms with Crippen LogP contribution in [0.2, 0.25) is 5.02 Å². The molecule has 1 aliphatic heterocycles. The van der Waals surface area contributed by atoms with Crippen LogP contribution in [-0.4, -0.2) is 24.5 Å². The van der Waals surface area contributed by atoms with E-state index in [1.54, 1.807) is 0 Å². The van der Waals surface area contributed by atoms with Crippen LogP contribution in [0.4, 0.5) is 0 Å². The zero-order chi connectivity index (χ0) is 13.7. The minimum atomic E-state index is -0.357. The lowest BCUT2D eigenvalue weighted by molar-refractivity contribution is 0.178. The SMILES string of the molecule is C=CCC(N)(CN1CCCCC1)c1ccc(Cl)cc1. The summed E-state index contributed by atoms with van der Waals surface area (Å²) in [6, 6.07) is 7.90. The molecular weight excluding hydrogens is 256 g/mol. The van der Waals surface area contributed by atoms with E-state index in [2.05, 4.69) is 11.5 Å². The van der Waals surface area contributed by atoms with Gasteiger partial charge in [-0.05, 0) is 50.0 Å². The maximum absolute atomic E-state index is 6.65. The van der Waals surface area contributed by atoms with E-state index in [9.17, 15) is 0 Å². The highest BCUT2D eigenvalue weighted by atomic mass is 35.5. The second kappa shape index (κ2) is 6.56. The van der Waals surface area contributed by atoms with Gasteiger partial charge in [-0.1, -0.05) is 36.2 Å². The number of hydrogen-bond donors (Lipinski definition) is 1. The second-order valence-electron chi connectivity index (χ2n) is 5.49. The number of halogens is 1. The lowest BCUT2D eigenvalue weighted by Gasteiger charge is -2.37. The predicted octanol–water partition coefficient (Wildman–Crippen LogP) is 3.56. The molecule has 3 heteroatoms. The highest BCUT2D eigenvalue weighted by Crippen LogP contribution is 2.26. The molecule has 0 aromatic heterocycles. The summed E-state index contributed by atoms with van der Waals surface area (Å²) in [5, 5.41) is 0.752. The van der Waals surface area contributed by atoms with Gasteiger partial charge in [0.25, 0.3) is 0 Å². The van der Waals surface area contributed by atoms with E-state index in [0.29, 0.717) is 0 Å². The number of piperidine rings is 1. The first-order chi connectivity index (χ1) is 9.14. The van der Waals surface area contributed by atoms with Crippen LogP contribution >= 0.6 is 11.6 Å². The summed E-state index contributed by atoms with van der Waals surface area (Å²) in [7, 11) is 0. The number of nitrogens with two attached hydrogens (primary N) is 1. The molecule has 0 saturated carbocycles. The number of likely N-dealkylation sites (tertiary alicyclic amines) is 1. The zero-order valence-corrected chi connectivity index (χ0v) is 12.2. The van der Waals surface area contributed by atoms with Gasteiger partial charge in [0.2, 0.25) is 0 Å². The molecule has 0 aliphatic carbocycles. The third kappa shape index (κ3) is 3.82. The molecule has 1 fully saturated rings. The van der Waals surface area contributed by atoms with Gasteiger partial charge in [-0.15, -0.1) is 6.58 Å².